The molecule has 0 atom stereocenters. The molecule has 0 amide bonds. The summed E-state index contributed by atoms with van der Waals surface area (Å²) in [5, 5.41) is 14.8. The minimum Gasteiger partial charge on any atom is -0.494 e. The number of halogens is 3. The molecule has 11 heteroatoms. The molecule has 0 aliphatic heterocycles. The van der Waals surface area contributed by atoms with Gasteiger partial charge in [0.1, 0.15) is 6.54 Å². The first-order chi connectivity index (χ1) is 14.3. The molecule has 156 valence electrons. The summed E-state index contributed by atoms with van der Waals surface area (Å²) in [6.07, 6.45) is -0.120. The van der Waals surface area contributed by atoms with Crippen LogP contribution in [-0.2, 0) is 6.54 Å². The maximum Gasteiger partial charge on any atom is 0.408 e. The first kappa shape index (κ1) is 19.6. The van der Waals surface area contributed by atoms with Crippen LogP contribution < -0.4 is 9.47 Å². The van der Waals surface area contributed by atoms with Crippen molar-refractivity contribution in [2.75, 3.05) is 14.2 Å². The summed E-state index contributed by atoms with van der Waals surface area (Å²) in [4.78, 5) is 8.70. The van der Waals surface area contributed by atoms with E-state index in [-0.39, 0.29) is 11.7 Å². The Morgan fingerprint density at radius 3 is 2.63 bits per heavy atom. The van der Waals surface area contributed by atoms with Gasteiger partial charge in [-0.05, 0) is 18.2 Å². The molecule has 30 heavy (non-hydrogen) atoms. The van der Waals surface area contributed by atoms with E-state index in [0.29, 0.717) is 33.8 Å². The average molecular weight is 419 g/mol. The molecule has 8 nitrogen and oxygen atoms in total. The van der Waals surface area contributed by atoms with Crippen LogP contribution in [0.4, 0.5) is 13.2 Å². The minimum absolute atomic E-state index is 0.143. The molecular weight excluding hydrogens is 403 g/mol. The molecule has 0 saturated heterocycles. The number of aromatic hydroxyl groups is 1. The lowest BCUT2D eigenvalue weighted by atomic mass is 10.1. The highest BCUT2D eigenvalue weighted by Gasteiger charge is 2.28. The summed E-state index contributed by atoms with van der Waals surface area (Å²) in [6, 6.07) is 6.45. The van der Waals surface area contributed by atoms with Gasteiger partial charge < -0.3 is 14.6 Å². The molecule has 4 aromatic rings. The first-order valence-electron chi connectivity index (χ1n) is 8.69. The standard InChI is InChI=1S/C19H16F3N5O3/c1-29-15-7-11(8-23-17(15)30-2)13-4-3-12-14(24-13)9-27(18(12)28)16-5-6-26(25-16)10-19(20,21)22/h3-9,28H,10H2,1-2H3. The van der Waals surface area contributed by atoms with E-state index in [9.17, 15) is 18.3 Å². The fourth-order valence-corrected chi connectivity index (χ4v) is 3.03. The number of aromatic nitrogens is 5. The van der Waals surface area contributed by atoms with E-state index in [1.54, 1.807) is 24.4 Å². The van der Waals surface area contributed by atoms with Crippen LogP contribution in [0.2, 0.25) is 0 Å². The van der Waals surface area contributed by atoms with Gasteiger partial charge in [-0.1, -0.05) is 0 Å². The molecule has 0 aliphatic carbocycles. The number of nitrogens with zero attached hydrogens (tertiary/aromatic N) is 5. The number of rotatable bonds is 5. The predicted octanol–water partition coefficient (Wildman–Crippen LogP) is 3.57. The number of hydrogen-bond acceptors (Lipinski definition) is 6. The van der Waals surface area contributed by atoms with Crippen LogP contribution >= 0.6 is 0 Å². The lowest BCUT2D eigenvalue weighted by Gasteiger charge is -2.08. The van der Waals surface area contributed by atoms with Crippen molar-refractivity contribution in [2.24, 2.45) is 0 Å². The van der Waals surface area contributed by atoms with Gasteiger partial charge in [0.2, 0.25) is 5.88 Å². The third-order valence-electron chi connectivity index (χ3n) is 4.39. The van der Waals surface area contributed by atoms with Gasteiger partial charge in [0, 0.05) is 30.2 Å². The molecular formula is C19H16F3N5O3. The second kappa shape index (κ2) is 7.25. The Bertz CT molecular complexity index is 1220. The Labute approximate surface area is 168 Å². The molecule has 0 radical (unpaired) electrons. The molecule has 0 bridgehead atoms. The molecule has 0 unspecified atom stereocenters. The van der Waals surface area contributed by atoms with E-state index in [4.69, 9.17) is 9.47 Å². The van der Waals surface area contributed by atoms with Gasteiger partial charge in [-0.2, -0.15) is 18.3 Å². The van der Waals surface area contributed by atoms with Crippen molar-refractivity contribution < 1.29 is 27.8 Å². The van der Waals surface area contributed by atoms with Gasteiger partial charge in [-0.3, -0.25) is 9.25 Å². The fourth-order valence-electron chi connectivity index (χ4n) is 3.03. The molecule has 1 N–H and O–H groups in total. The zero-order valence-corrected chi connectivity index (χ0v) is 15.9. The van der Waals surface area contributed by atoms with Crippen molar-refractivity contribution in [3.63, 3.8) is 0 Å². The Morgan fingerprint density at radius 2 is 1.93 bits per heavy atom. The van der Waals surface area contributed by atoms with Crippen LogP contribution in [0.3, 0.4) is 0 Å². The molecule has 0 saturated carbocycles. The van der Waals surface area contributed by atoms with Crippen molar-refractivity contribution >= 4 is 10.9 Å². The summed E-state index contributed by atoms with van der Waals surface area (Å²) in [7, 11) is 2.98. The lowest BCUT2D eigenvalue weighted by molar-refractivity contribution is -0.142. The zero-order valence-electron chi connectivity index (χ0n) is 15.9. The van der Waals surface area contributed by atoms with E-state index >= 15 is 0 Å². The quantitative estimate of drug-likeness (QED) is 0.532. The van der Waals surface area contributed by atoms with Gasteiger partial charge in [-0.25, -0.2) is 9.97 Å². The Hall–Kier alpha value is -3.76. The van der Waals surface area contributed by atoms with Crippen LogP contribution in [-0.4, -0.2) is 49.8 Å². The Balaban J connectivity index is 1.72. The Morgan fingerprint density at radius 1 is 1.13 bits per heavy atom. The van der Waals surface area contributed by atoms with E-state index < -0.39 is 12.7 Å². The van der Waals surface area contributed by atoms with Crippen LogP contribution in [0, 0.1) is 0 Å². The highest BCUT2D eigenvalue weighted by Crippen LogP contribution is 2.33. The summed E-state index contributed by atoms with van der Waals surface area (Å²) in [5.74, 6) is 0.740. The lowest BCUT2D eigenvalue weighted by Crippen LogP contribution is -2.18. The van der Waals surface area contributed by atoms with Crippen LogP contribution in [0.15, 0.2) is 42.9 Å². The summed E-state index contributed by atoms with van der Waals surface area (Å²) in [6.45, 7) is -1.22. The smallest absolute Gasteiger partial charge is 0.408 e. The number of pyridine rings is 2. The Kier molecular flexibility index (Phi) is 4.72. The van der Waals surface area contributed by atoms with Gasteiger partial charge in [0.25, 0.3) is 5.88 Å². The summed E-state index contributed by atoms with van der Waals surface area (Å²) in [5.41, 5.74) is 1.66. The molecule has 0 aliphatic rings. The van der Waals surface area contributed by atoms with Gasteiger partial charge in [0.15, 0.2) is 11.6 Å². The maximum absolute atomic E-state index is 12.6. The SMILES string of the molecule is COc1cc(-c2ccc3c(O)n(-c4ccn(CC(F)(F)F)n4)cc3n2)cnc1OC. The van der Waals surface area contributed by atoms with Gasteiger partial charge in [-0.15, -0.1) is 0 Å². The molecule has 0 aromatic carbocycles. The van der Waals surface area contributed by atoms with Crippen molar-refractivity contribution in [1.82, 2.24) is 24.3 Å². The van der Waals surface area contributed by atoms with Crippen LogP contribution in [0.25, 0.3) is 28.0 Å². The van der Waals surface area contributed by atoms with Crippen molar-refractivity contribution in [2.45, 2.75) is 12.7 Å². The minimum atomic E-state index is -4.39. The molecule has 0 fully saturated rings. The number of alkyl halides is 3. The maximum atomic E-state index is 12.6. The number of fused-ring (bicyclic) bond motifs is 1. The average Bonchev–Trinajstić information content (AvgIpc) is 3.29. The second-order valence-electron chi connectivity index (χ2n) is 6.37. The third-order valence-corrected chi connectivity index (χ3v) is 4.39. The molecule has 4 rings (SSSR count). The van der Waals surface area contributed by atoms with E-state index in [1.165, 1.54) is 37.2 Å². The third kappa shape index (κ3) is 3.61. The highest BCUT2D eigenvalue weighted by atomic mass is 19.4. The topological polar surface area (TPSA) is 87.2 Å². The monoisotopic (exact) mass is 419 g/mol. The van der Waals surface area contributed by atoms with Crippen molar-refractivity contribution in [3.8, 4) is 34.6 Å². The summed E-state index contributed by atoms with van der Waals surface area (Å²) < 4.78 is 50.1. The number of hydrogen-bond donors (Lipinski definition) is 1. The van der Waals surface area contributed by atoms with Gasteiger partial charge in [0.05, 0.1) is 30.8 Å². The summed E-state index contributed by atoms with van der Waals surface area (Å²) >= 11 is 0. The van der Waals surface area contributed by atoms with Gasteiger partial charge >= 0.3 is 6.18 Å². The normalized spacial score (nSPS) is 11.8. The number of ether oxygens (including phenoxy) is 2. The largest absolute Gasteiger partial charge is 0.494 e. The fraction of sp³-hybridized carbons (Fsp3) is 0.211. The highest BCUT2D eigenvalue weighted by molar-refractivity contribution is 5.87. The van der Waals surface area contributed by atoms with E-state index in [0.717, 1.165) is 4.68 Å². The van der Waals surface area contributed by atoms with Crippen LogP contribution in [0.5, 0.6) is 17.5 Å². The molecule has 4 heterocycles. The van der Waals surface area contributed by atoms with Crippen molar-refractivity contribution in [3.05, 3.63) is 42.9 Å². The molecule has 0 spiro atoms. The second-order valence-corrected chi connectivity index (χ2v) is 6.37. The van der Waals surface area contributed by atoms with Crippen LogP contribution in [0.1, 0.15) is 0 Å². The van der Waals surface area contributed by atoms with E-state index in [2.05, 4.69) is 15.1 Å². The van der Waals surface area contributed by atoms with E-state index in [1.807, 2.05) is 0 Å². The molecule has 4 aromatic heterocycles. The predicted molar refractivity (Wildman–Crippen MR) is 101 cm³/mol. The first-order valence-corrected chi connectivity index (χ1v) is 8.69. The number of methoxy groups -OCH3 is 2. The zero-order chi connectivity index (χ0) is 21.5. The van der Waals surface area contributed by atoms with Crippen molar-refractivity contribution in [1.29, 1.82) is 0 Å².